The molecule has 0 aliphatic heterocycles. The Labute approximate surface area is 201 Å². The molecule has 7 nitrogen and oxygen atoms in total. The molecule has 33 heavy (non-hydrogen) atoms. The van der Waals surface area contributed by atoms with E-state index in [1.807, 2.05) is 32.0 Å². The van der Waals surface area contributed by atoms with Crippen LogP contribution in [0.2, 0.25) is 5.02 Å². The third-order valence-corrected chi connectivity index (χ3v) is 7.56. The molecular formula is C24H32ClN3O4S. The van der Waals surface area contributed by atoms with Crippen molar-refractivity contribution in [3.63, 3.8) is 0 Å². The lowest BCUT2D eigenvalue weighted by Crippen LogP contribution is -2.50. The highest BCUT2D eigenvalue weighted by atomic mass is 35.5. The SMILES string of the molecule is CCN(CC)S(=O)(=O)c1cccc(C(=O)N[C@H](C(=O)NCCc2cccc(Cl)c2)C(C)C)c1. The average molecular weight is 494 g/mol. The molecule has 0 aliphatic rings. The van der Waals surface area contributed by atoms with Gasteiger partial charge in [0.25, 0.3) is 5.91 Å². The van der Waals surface area contributed by atoms with Crippen molar-refractivity contribution in [3.05, 3.63) is 64.7 Å². The van der Waals surface area contributed by atoms with Crippen molar-refractivity contribution in [3.8, 4) is 0 Å². The maximum Gasteiger partial charge on any atom is 0.251 e. The van der Waals surface area contributed by atoms with Crippen molar-refractivity contribution >= 4 is 33.4 Å². The van der Waals surface area contributed by atoms with Crippen LogP contribution in [-0.4, -0.2) is 50.2 Å². The van der Waals surface area contributed by atoms with E-state index >= 15 is 0 Å². The molecule has 2 aromatic carbocycles. The van der Waals surface area contributed by atoms with Gasteiger partial charge in [0.15, 0.2) is 0 Å². The van der Waals surface area contributed by atoms with Crippen molar-refractivity contribution < 1.29 is 18.0 Å². The minimum atomic E-state index is -3.70. The zero-order valence-corrected chi connectivity index (χ0v) is 21.0. The average Bonchev–Trinajstić information content (AvgIpc) is 2.77. The molecule has 2 aromatic rings. The highest BCUT2D eigenvalue weighted by Crippen LogP contribution is 2.17. The third-order valence-electron chi connectivity index (χ3n) is 5.28. The predicted octanol–water partition coefficient (Wildman–Crippen LogP) is 3.48. The number of nitrogens with one attached hydrogen (secondary N) is 2. The van der Waals surface area contributed by atoms with Crippen molar-refractivity contribution in [2.75, 3.05) is 19.6 Å². The molecule has 0 aromatic heterocycles. The van der Waals surface area contributed by atoms with Gasteiger partial charge in [-0.15, -0.1) is 0 Å². The summed E-state index contributed by atoms with van der Waals surface area (Å²) in [6.07, 6.45) is 0.607. The highest BCUT2D eigenvalue weighted by Gasteiger charge is 2.26. The summed E-state index contributed by atoms with van der Waals surface area (Å²) in [4.78, 5) is 25.7. The van der Waals surface area contributed by atoms with Crippen molar-refractivity contribution in [1.82, 2.24) is 14.9 Å². The first-order valence-electron chi connectivity index (χ1n) is 11.0. The molecule has 0 saturated carbocycles. The number of amides is 2. The van der Waals surface area contributed by atoms with Gasteiger partial charge in [0.05, 0.1) is 4.90 Å². The van der Waals surface area contributed by atoms with Gasteiger partial charge < -0.3 is 10.6 Å². The lowest BCUT2D eigenvalue weighted by Gasteiger charge is -2.22. The van der Waals surface area contributed by atoms with E-state index in [1.54, 1.807) is 19.9 Å². The van der Waals surface area contributed by atoms with Gasteiger partial charge >= 0.3 is 0 Å². The largest absolute Gasteiger partial charge is 0.354 e. The van der Waals surface area contributed by atoms with Crippen LogP contribution in [0, 0.1) is 5.92 Å². The number of hydrogen-bond acceptors (Lipinski definition) is 4. The Bertz CT molecular complexity index is 1070. The molecule has 2 N–H and O–H groups in total. The number of rotatable bonds is 11. The second-order valence-corrected chi connectivity index (χ2v) is 10.4. The van der Waals surface area contributed by atoms with Crippen LogP contribution in [0.1, 0.15) is 43.6 Å². The second kappa shape index (κ2) is 12.2. The lowest BCUT2D eigenvalue weighted by atomic mass is 10.0. The molecule has 9 heteroatoms. The van der Waals surface area contributed by atoms with E-state index in [-0.39, 0.29) is 22.3 Å². The van der Waals surface area contributed by atoms with Gasteiger partial charge in [0, 0.05) is 30.2 Å². The van der Waals surface area contributed by atoms with Crippen LogP contribution in [0.25, 0.3) is 0 Å². The van der Waals surface area contributed by atoms with Crippen LogP contribution in [0.4, 0.5) is 0 Å². The number of nitrogens with zero attached hydrogens (tertiary/aromatic N) is 1. The number of halogens is 1. The van der Waals surface area contributed by atoms with Gasteiger partial charge in [-0.05, 0) is 48.2 Å². The summed E-state index contributed by atoms with van der Waals surface area (Å²) in [6, 6.07) is 12.5. The van der Waals surface area contributed by atoms with E-state index in [0.717, 1.165) is 5.56 Å². The van der Waals surface area contributed by atoms with E-state index < -0.39 is 22.0 Å². The first-order chi connectivity index (χ1) is 15.6. The number of carbonyl (C=O) groups excluding carboxylic acids is 2. The minimum Gasteiger partial charge on any atom is -0.354 e. The zero-order chi connectivity index (χ0) is 24.6. The molecule has 0 radical (unpaired) electrons. The molecule has 2 rings (SSSR count). The van der Waals surface area contributed by atoms with Crippen LogP contribution in [0.5, 0.6) is 0 Å². The summed E-state index contributed by atoms with van der Waals surface area (Å²) in [5.74, 6) is -0.967. The molecule has 0 bridgehead atoms. The van der Waals surface area contributed by atoms with Gasteiger partial charge in [-0.2, -0.15) is 4.31 Å². The first kappa shape index (κ1) is 26.8. The van der Waals surface area contributed by atoms with Gasteiger partial charge in [0.2, 0.25) is 15.9 Å². The number of hydrogen-bond donors (Lipinski definition) is 2. The van der Waals surface area contributed by atoms with Crippen LogP contribution < -0.4 is 10.6 Å². The number of sulfonamides is 1. The van der Waals surface area contributed by atoms with E-state index in [1.165, 1.54) is 28.6 Å². The standard InChI is InChI=1S/C24H32ClN3O4S/c1-5-28(6-2)33(31,32)21-12-8-10-19(16-21)23(29)27-22(17(3)4)24(30)26-14-13-18-9-7-11-20(25)15-18/h7-12,15-17,22H,5-6,13-14H2,1-4H3,(H,26,30)(H,27,29)/t22-/m0/s1. The topological polar surface area (TPSA) is 95.6 Å². The Morgan fingerprint density at radius 2 is 1.70 bits per heavy atom. The molecule has 2 amide bonds. The first-order valence-corrected chi connectivity index (χ1v) is 12.8. The fourth-order valence-electron chi connectivity index (χ4n) is 3.40. The van der Waals surface area contributed by atoms with Crippen molar-refractivity contribution in [1.29, 1.82) is 0 Å². The molecule has 0 spiro atoms. The minimum absolute atomic E-state index is 0.0471. The van der Waals surface area contributed by atoms with Crippen LogP contribution >= 0.6 is 11.6 Å². The molecule has 1 atom stereocenters. The van der Waals surface area contributed by atoms with Gasteiger partial charge in [0.1, 0.15) is 6.04 Å². The quantitative estimate of drug-likeness (QED) is 0.501. The van der Waals surface area contributed by atoms with Crippen LogP contribution in [-0.2, 0) is 21.2 Å². The third kappa shape index (κ3) is 7.28. The smallest absolute Gasteiger partial charge is 0.251 e. The van der Waals surface area contributed by atoms with Crippen molar-refractivity contribution in [2.24, 2.45) is 5.92 Å². The van der Waals surface area contributed by atoms with Gasteiger partial charge in [-0.1, -0.05) is 57.5 Å². The van der Waals surface area contributed by atoms with E-state index in [2.05, 4.69) is 10.6 Å². The summed E-state index contributed by atoms with van der Waals surface area (Å²) in [5, 5.41) is 6.24. The predicted molar refractivity (Wildman–Crippen MR) is 131 cm³/mol. The monoisotopic (exact) mass is 493 g/mol. The van der Waals surface area contributed by atoms with Crippen LogP contribution in [0.15, 0.2) is 53.4 Å². The fraction of sp³-hybridized carbons (Fsp3) is 0.417. The molecule has 0 heterocycles. The summed E-state index contributed by atoms with van der Waals surface area (Å²) < 4.78 is 26.9. The van der Waals surface area contributed by atoms with E-state index in [4.69, 9.17) is 11.6 Å². The lowest BCUT2D eigenvalue weighted by molar-refractivity contribution is -0.123. The van der Waals surface area contributed by atoms with E-state index in [9.17, 15) is 18.0 Å². The maximum absolute atomic E-state index is 12.9. The Morgan fingerprint density at radius 1 is 1.03 bits per heavy atom. The fourth-order valence-corrected chi connectivity index (χ4v) is 5.12. The van der Waals surface area contributed by atoms with Gasteiger partial charge in [-0.3, -0.25) is 9.59 Å². The zero-order valence-electron chi connectivity index (χ0n) is 19.5. The number of carbonyl (C=O) groups is 2. The second-order valence-electron chi connectivity index (χ2n) is 7.98. The van der Waals surface area contributed by atoms with E-state index in [0.29, 0.717) is 31.1 Å². The Kier molecular flexibility index (Phi) is 9.88. The van der Waals surface area contributed by atoms with Crippen LogP contribution in [0.3, 0.4) is 0 Å². The summed E-state index contributed by atoms with van der Waals surface area (Å²) in [7, 11) is -3.70. The molecule has 180 valence electrons. The Hall–Kier alpha value is -2.42. The highest BCUT2D eigenvalue weighted by molar-refractivity contribution is 7.89. The summed E-state index contributed by atoms with van der Waals surface area (Å²) in [6.45, 7) is 8.26. The van der Waals surface area contributed by atoms with Gasteiger partial charge in [-0.25, -0.2) is 8.42 Å². The Morgan fingerprint density at radius 3 is 2.30 bits per heavy atom. The van der Waals surface area contributed by atoms with Crippen molar-refractivity contribution in [2.45, 2.75) is 45.1 Å². The molecule has 0 fully saturated rings. The molecule has 0 unspecified atom stereocenters. The normalized spacial score (nSPS) is 12.6. The molecule has 0 saturated heterocycles. The Balaban J connectivity index is 2.08. The summed E-state index contributed by atoms with van der Waals surface area (Å²) >= 11 is 5.99. The molecular weight excluding hydrogens is 462 g/mol. The maximum atomic E-state index is 12.9. The number of benzene rings is 2. The summed E-state index contributed by atoms with van der Waals surface area (Å²) in [5.41, 5.74) is 1.18. The molecule has 0 aliphatic carbocycles.